The van der Waals surface area contributed by atoms with Crippen molar-refractivity contribution in [3.63, 3.8) is 0 Å². The molecule has 3 rings (SSSR count). The normalized spacial score (nSPS) is 25.5. The summed E-state index contributed by atoms with van der Waals surface area (Å²) in [6.45, 7) is 1.92. The first kappa shape index (κ1) is 10.5. The lowest BCUT2D eigenvalue weighted by molar-refractivity contribution is 0.132. The van der Waals surface area contributed by atoms with Gasteiger partial charge in [0.05, 0.1) is 6.04 Å². The number of nitrogens with zero attached hydrogens (tertiary/aromatic N) is 1. The summed E-state index contributed by atoms with van der Waals surface area (Å²) in [6, 6.07) is 19.6. The molecular formula is C15H14FN. The summed E-state index contributed by atoms with van der Waals surface area (Å²) < 4.78 is 14.0. The van der Waals surface area contributed by atoms with Gasteiger partial charge in [0.1, 0.15) is 5.54 Å². The fourth-order valence-corrected chi connectivity index (χ4v) is 2.67. The summed E-state index contributed by atoms with van der Waals surface area (Å²) in [5.41, 5.74) is 1.45. The molecule has 1 fully saturated rings. The molecule has 2 aromatic rings. The summed E-state index contributed by atoms with van der Waals surface area (Å²) in [7, 11) is 0. The van der Waals surface area contributed by atoms with E-state index in [0.717, 1.165) is 16.2 Å². The van der Waals surface area contributed by atoms with E-state index in [1.54, 1.807) is 0 Å². The molecule has 1 saturated heterocycles. The van der Waals surface area contributed by atoms with Gasteiger partial charge < -0.3 is 0 Å². The molecule has 17 heavy (non-hydrogen) atoms. The zero-order chi connectivity index (χ0) is 11.9. The van der Waals surface area contributed by atoms with Crippen LogP contribution in [-0.4, -0.2) is 11.2 Å². The summed E-state index contributed by atoms with van der Waals surface area (Å²) in [6.07, 6.45) is 0. The van der Waals surface area contributed by atoms with Gasteiger partial charge in [-0.05, 0) is 18.1 Å². The Morgan fingerprint density at radius 2 is 1.24 bits per heavy atom. The molecule has 1 aliphatic heterocycles. The number of hydrogen-bond donors (Lipinski definition) is 0. The van der Waals surface area contributed by atoms with Crippen molar-refractivity contribution in [3.8, 4) is 0 Å². The van der Waals surface area contributed by atoms with Gasteiger partial charge in [-0.3, -0.25) is 0 Å². The van der Waals surface area contributed by atoms with Gasteiger partial charge in [-0.2, -0.15) is 0 Å². The summed E-state index contributed by atoms with van der Waals surface area (Å²) in [4.78, 5) is 0. The Morgan fingerprint density at radius 1 is 0.882 bits per heavy atom. The van der Waals surface area contributed by atoms with Crippen LogP contribution in [0.4, 0.5) is 4.48 Å². The number of halogens is 1. The van der Waals surface area contributed by atoms with E-state index in [2.05, 4.69) is 0 Å². The second-order valence-corrected chi connectivity index (χ2v) is 4.49. The molecule has 0 bridgehead atoms. The van der Waals surface area contributed by atoms with E-state index in [0.29, 0.717) is 0 Å². The van der Waals surface area contributed by atoms with Crippen molar-refractivity contribution in [2.24, 2.45) is 0 Å². The predicted molar refractivity (Wildman–Crippen MR) is 66.1 cm³/mol. The molecule has 0 saturated carbocycles. The smallest absolute Gasteiger partial charge is 0.119 e. The van der Waals surface area contributed by atoms with E-state index in [1.807, 2.05) is 67.6 Å². The molecular weight excluding hydrogens is 213 g/mol. The molecule has 0 N–H and O–H groups in total. The maximum absolute atomic E-state index is 14.0. The molecule has 0 spiro atoms. The molecule has 0 amide bonds. The SMILES string of the molecule is CC1N(F)C1(c1ccccc1)c1ccccc1. The Morgan fingerprint density at radius 3 is 1.53 bits per heavy atom. The third kappa shape index (κ3) is 1.34. The van der Waals surface area contributed by atoms with Gasteiger partial charge in [-0.15, -0.1) is 9.60 Å². The minimum atomic E-state index is -0.581. The van der Waals surface area contributed by atoms with Crippen LogP contribution in [0.3, 0.4) is 0 Å². The molecule has 0 aliphatic carbocycles. The van der Waals surface area contributed by atoms with E-state index in [4.69, 9.17) is 0 Å². The minimum Gasteiger partial charge on any atom is -0.133 e. The highest BCUT2D eigenvalue weighted by molar-refractivity contribution is 5.46. The quantitative estimate of drug-likeness (QED) is 0.560. The Kier molecular flexibility index (Phi) is 2.26. The molecule has 1 heterocycles. The van der Waals surface area contributed by atoms with Crippen LogP contribution in [0.5, 0.6) is 0 Å². The maximum atomic E-state index is 14.0. The third-order valence-electron chi connectivity index (χ3n) is 3.64. The summed E-state index contributed by atoms with van der Waals surface area (Å²) >= 11 is 0. The second kappa shape index (κ2) is 3.67. The molecule has 86 valence electrons. The van der Waals surface area contributed by atoms with Crippen molar-refractivity contribution in [1.82, 2.24) is 5.12 Å². The minimum absolute atomic E-state index is 0.104. The number of hydrogen-bond acceptors (Lipinski definition) is 1. The number of rotatable bonds is 2. The second-order valence-electron chi connectivity index (χ2n) is 4.49. The number of benzene rings is 2. The van der Waals surface area contributed by atoms with E-state index in [-0.39, 0.29) is 6.04 Å². The average Bonchev–Trinajstić information content (AvgIpc) is 2.95. The zero-order valence-electron chi connectivity index (χ0n) is 9.68. The molecule has 0 radical (unpaired) electrons. The molecule has 2 heteroatoms. The summed E-state index contributed by atoms with van der Waals surface area (Å²) in [5.74, 6) is 0. The highest BCUT2D eigenvalue weighted by atomic mass is 19.2. The first-order valence-electron chi connectivity index (χ1n) is 5.84. The summed E-state index contributed by atoms with van der Waals surface area (Å²) in [5, 5.41) is 0.928. The van der Waals surface area contributed by atoms with E-state index in [9.17, 15) is 4.48 Å². The monoisotopic (exact) mass is 227 g/mol. The fraction of sp³-hybridized carbons (Fsp3) is 0.200. The van der Waals surface area contributed by atoms with Crippen LogP contribution in [-0.2, 0) is 5.54 Å². The molecule has 2 aromatic carbocycles. The Hall–Kier alpha value is -1.67. The van der Waals surface area contributed by atoms with Crippen LogP contribution in [0.2, 0.25) is 0 Å². The van der Waals surface area contributed by atoms with Gasteiger partial charge in [0.2, 0.25) is 0 Å². The molecule has 1 nitrogen and oxygen atoms in total. The Bertz CT molecular complexity index is 459. The van der Waals surface area contributed by atoms with E-state index < -0.39 is 5.54 Å². The topological polar surface area (TPSA) is 3.01 Å². The zero-order valence-corrected chi connectivity index (χ0v) is 9.68. The standard InChI is InChI=1S/C15H14FN/c1-12-15(17(12)16,13-8-4-2-5-9-13)14-10-6-3-7-11-14/h2-12H,1H3. The molecule has 2 atom stereocenters. The lowest BCUT2D eigenvalue weighted by atomic mass is 9.88. The molecule has 2 unspecified atom stereocenters. The third-order valence-corrected chi connectivity index (χ3v) is 3.64. The lowest BCUT2D eigenvalue weighted by Crippen LogP contribution is -2.15. The first-order valence-corrected chi connectivity index (χ1v) is 5.84. The van der Waals surface area contributed by atoms with E-state index >= 15 is 0 Å². The van der Waals surface area contributed by atoms with Crippen molar-refractivity contribution >= 4 is 0 Å². The fourth-order valence-electron chi connectivity index (χ4n) is 2.67. The highest BCUT2D eigenvalue weighted by Crippen LogP contribution is 2.54. The largest absolute Gasteiger partial charge is 0.133 e. The van der Waals surface area contributed by atoms with Crippen LogP contribution in [0.15, 0.2) is 60.7 Å². The predicted octanol–water partition coefficient (Wildman–Crippen LogP) is 3.52. The average molecular weight is 227 g/mol. The van der Waals surface area contributed by atoms with Gasteiger partial charge >= 0.3 is 0 Å². The lowest BCUT2D eigenvalue weighted by Gasteiger charge is -2.15. The van der Waals surface area contributed by atoms with Gasteiger partial charge in [0.15, 0.2) is 0 Å². The Balaban J connectivity index is 2.14. The van der Waals surface area contributed by atoms with E-state index in [1.165, 1.54) is 0 Å². The van der Waals surface area contributed by atoms with Crippen LogP contribution in [0.1, 0.15) is 18.1 Å². The van der Waals surface area contributed by atoms with Crippen LogP contribution < -0.4 is 0 Å². The van der Waals surface area contributed by atoms with Crippen LogP contribution in [0.25, 0.3) is 0 Å². The van der Waals surface area contributed by atoms with Crippen molar-refractivity contribution in [2.45, 2.75) is 18.5 Å². The Labute approximate surface area is 100 Å². The molecule has 1 aliphatic rings. The van der Waals surface area contributed by atoms with Crippen LogP contribution >= 0.6 is 0 Å². The van der Waals surface area contributed by atoms with Crippen molar-refractivity contribution < 1.29 is 4.48 Å². The van der Waals surface area contributed by atoms with Crippen molar-refractivity contribution in [1.29, 1.82) is 0 Å². The maximum Gasteiger partial charge on any atom is 0.119 e. The van der Waals surface area contributed by atoms with Crippen molar-refractivity contribution in [2.75, 3.05) is 0 Å². The van der Waals surface area contributed by atoms with Crippen molar-refractivity contribution in [3.05, 3.63) is 71.8 Å². The first-order chi connectivity index (χ1) is 8.28. The van der Waals surface area contributed by atoms with Gasteiger partial charge in [0, 0.05) is 0 Å². The van der Waals surface area contributed by atoms with Gasteiger partial charge in [0.25, 0.3) is 0 Å². The van der Waals surface area contributed by atoms with Gasteiger partial charge in [-0.1, -0.05) is 60.7 Å². The molecule has 0 aromatic heterocycles. The highest BCUT2D eigenvalue weighted by Gasteiger charge is 2.64. The van der Waals surface area contributed by atoms with Gasteiger partial charge in [-0.25, -0.2) is 0 Å². The van der Waals surface area contributed by atoms with Crippen LogP contribution in [0, 0.1) is 0 Å².